The predicted molar refractivity (Wildman–Crippen MR) is 192 cm³/mol. The van der Waals surface area contributed by atoms with Crippen LogP contribution in [0.5, 0.6) is 11.5 Å². The van der Waals surface area contributed by atoms with Gasteiger partial charge in [0.25, 0.3) is 11.8 Å². The number of fused-ring (bicyclic) bond motifs is 2. The standard InChI is InChI=1S/C22H21NO4S.C17H13NO2/c1-13-7-8-14(2)18(11-13)23-22(27)17-12-19(28-10-9-20(24)25)15-5-3-4-6-16(15)21(17)26;19-16-14-9-5-4-6-12(14)10-11-15(16)17(20)18-13-7-2-1-3-8-13/h3-8,11-12,26H,9-10H2,1-2H3,(H,23,27)(H,24,25);1-11,19H,(H,18,20). The monoisotopic (exact) mass is 658 g/mol. The van der Waals surface area contributed by atoms with Gasteiger partial charge in [0, 0.05) is 32.8 Å². The lowest BCUT2D eigenvalue weighted by molar-refractivity contribution is -0.136. The number of aryl methyl sites for hydroxylation is 2. The Hall–Kier alpha value is -5.80. The molecule has 0 spiro atoms. The summed E-state index contributed by atoms with van der Waals surface area (Å²) in [5.41, 5.74) is 3.77. The number of anilines is 2. The second-order valence-electron chi connectivity index (χ2n) is 11.1. The number of para-hydroxylation sites is 1. The normalized spacial score (nSPS) is 10.6. The second kappa shape index (κ2) is 15.2. The van der Waals surface area contributed by atoms with Crippen molar-refractivity contribution in [2.75, 3.05) is 16.4 Å². The average molecular weight is 659 g/mol. The number of aliphatic carboxylic acids is 1. The van der Waals surface area contributed by atoms with Gasteiger partial charge in [-0.1, -0.05) is 84.9 Å². The lowest BCUT2D eigenvalue weighted by atomic mass is 10.0. The van der Waals surface area contributed by atoms with Crippen LogP contribution in [-0.2, 0) is 4.79 Å². The van der Waals surface area contributed by atoms with Gasteiger partial charge in [0.1, 0.15) is 11.5 Å². The van der Waals surface area contributed by atoms with Crippen molar-refractivity contribution in [2.45, 2.75) is 25.2 Å². The largest absolute Gasteiger partial charge is 0.506 e. The van der Waals surface area contributed by atoms with E-state index in [0.717, 1.165) is 26.8 Å². The summed E-state index contributed by atoms with van der Waals surface area (Å²) in [6.45, 7) is 3.85. The molecule has 0 bridgehead atoms. The SMILES string of the molecule is Cc1ccc(C)c(NC(=O)c2cc(SCCC(=O)O)c3ccccc3c2O)c1.O=C(Nc1ccccc1)c1ccc2ccccc2c1O. The van der Waals surface area contributed by atoms with Gasteiger partial charge in [-0.2, -0.15) is 0 Å². The van der Waals surface area contributed by atoms with Gasteiger partial charge < -0.3 is 26.0 Å². The summed E-state index contributed by atoms with van der Waals surface area (Å²) in [5.74, 6) is -1.29. The fourth-order valence-electron chi connectivity index (χ4n) is 5.09. The van der Waals surface area contributed by atoms with Crippen molar-refractivity contribution in [1.82, 2.24) is 0 Å². The van der Waals surface area contributed by atoms with Crippen LogP contribution in [0, 0.1) is 13.8 Å². The van der Waals surface area contributed by atoms with Crippen LogP contribution in [0.2, 0.25) is 0 Å². The topological polar surface area (TPSA) is 136 Å². The van der Waals surface area contributed by atoms with E-state index in [4.69, 9.17) is 5.11 Å². The molecule has 0 aliphatic heterocycles. The van der Waals surface area contributed by atoms with Crippen LogP contribution < -0.4 is 10.6 Å². The molecule has 0 aromatic heterocycles. The molecule has 0 saturated heterocycles. The summed E-state index contributed by atoms with van der Waals surface area (Å²) in [5, 5.41) is 38.4. The summed E-state index contributed by atoms with van der Waals surface area (Å²) in [6.07, 6.45) is 0.0177. The first kappa shape index (κ1) is 33.6. The minimum absolute atomic E-state index is 0.0107. The summed E-state index contributed by atoms with van der Waals surface area (Å²) in [6, 6.07) is 34.7. The van der Waals surface area contributed by atoms with Gasteiger partial charge in [0.15, 0.2) is 0 Å². The maximum Gasteiger partial charge on any atom is 0.304 e. The van der Waals surface area contributed by atoms with E-state index < -0.39 is 11.9 Å². The Morgan fingerprint density at radius 3 is 2.00 bits per heavy atom. The first-order valence-electron chi connectivity index (χ1n) is 15.2. The van der Waals surface area contributed by atoms with Gasteiger partial charge in [-0.25, -0.2) is 0 Å². The molecule has 6 aromatic carbocycles. The van der Waals surface area contributed by atoms with Crippen molar-refractivity contribution in [3.63, 3.8) is 0 Å². The molecular formula is C39H34N2O6S. The van der Waals surface area contributed by atoms with E-state index in [1.165, 1.54) is 11.8 Å². The van der Waals surface area contributed by atoms with Crippen LogP contribution in [0.3, 0.4) is 0 Å². The van der Waals surface area contributed by atoms with Crippen molar-refractivity contribution < 1.29 is 29.7 Å². The number of amides is 2. The first-order valence-corrected chi connectivity index (χ1v) is 16.2. The van der Waals surface area contributed by atoms with Gasteiger partial charge in [0.2, 0.25) is 0 Å². The third kappa shape index (κ3) is 7.94. The molecule has 0 aliphatic rings. The number of nitrogens with one attached hydrogen (secondary N) is 2. The van der Waals surface area contributed by atoms with Gasteiger partial charge >= 0.3 is 5.97 Å². The number of carbonyl (C=O) groups excluding carboxylic acids is 2. The number of rotatable bonds is 8. The van der Waals surface area contributed by atoms with E-state index in [2.05, 4.69) is 10.6 Å². The van der Waals surface area contributed by atoms with Crippen LogP contribution in [0.15, 0.2) is 120 Å². The highest BCUT2D eigenvalue weighted by Crippen LogP contribution is 2.37. The lowest BCUT2D eigenvalue weighted by Crippen LogP contribution is -2.13. The zero-order chi connectivity index (χ0) is 34.2. The van der Waals surface area contributed by atoms with Crippen LogP contribution in [0.1, 0.15) is 38.3 Å². The molecule has 0 saturated carbocycles. The first-order chi connectivity index (χ1) is 23.1. The summed E-state index contributed by atoms with van der Waals surface area (Å²) < 4.78 is 0. The zero-order valence-electron chi connectivity index (χ0n) is 26.4. The molecular weight excluding hydrogens is 625 g/mol. The number of phenolic OH excluding ortho intramolecular Hbond substituents is 2. The smallest absolute Gasteiger partial charge is 0.304 e. The lowest BCUT2D eigenvalue weighted by Gasteiger charge is -2.14. The number of hydrogen-bond donors (Lipinski definition) is 5. The Kier molecular flexibility index (Phi) is 10.6. The Morgan fingerprint density at radius 2 is 1.27 bits per heavy atom. The van der Waals surface area contributed by atoms with Gasteiger partial charge in [-0.15, -0.1) is 11.8 Å². The molecule has 2 amide bonds. The zero-order valence-corrected chi connectivity index (χ0v) is 27.2. The molecule has 6 rings (SSSR count). The van der Waals surface area contributed by atoms with Gasteiger partial charge in [-0.05, 0) is 66.1 Å². The highest BCUT2D eigenvalue weighted by molar-refractivity contribution is 7.99. The molecule has 0 unspecified atom stereocenters. The van der Waals surface area contributed by atoms with Crippen molar-refractivity contribution in [2.24, 2.45) is 0 Å². The molecule has 0 heterocycles. The Bertz CT molecular complexity index is 2130. The molecule has 0 fully saturated rings. The third-order valence-corrected chi connectivity index (χ3v) is 8.67. The number of carbonyl (C=O) groups is 3. The molecule has 242 valence electrons. The second-order valence-corrected chi connectivity index (χ2v) is 12.2. The fourth-order valence-corrected chi connectivity index (χ4v) is 6.12. The van der Waals surface area contributed by atoms with Crippen LogP contribution in [0.25, 0.3) is 21.5 Å². The summed E-state index contributed by atoms with van der Waals surface area (Å²) >= 11 is 1.36. The number of phenols is 2. The maximum atomic E-state index is 12.9. The minimum Gasteiger partial charge on any atom is -0.506 e. The Labute approximate surface area is 282 Å². The van der Waals surface area contributed by atoms with Crippen LogP contribution in [0.4, 0.5) is 11.4 Å². The van der Waals surface area contributed by atoms with E-state index in [-0.39, 0.29) is 35.0 Å². The molecule has 48 heavy (non-hydrogen) atoms. The molecule has 0 radical (unpaired) electrons. The van der Waals surface area contributed by atoms with E-state index in [1.54, 1.807) is 42.5 Å². The molecule has 0 atom stereocenters. The maximum absolute atomic E-state index is 12.9. The summed E-state index contributed by atoms with van der Waals surface area (Å²) in [4.78, 5) is 36.7. The van der Waals surface area contributed by atoms with Crippen molar-refractivity contribution in [1.29, 1.82) is 0 Å². The van der Waals surface area contributed by atoms with Crippen LogP contribution >= 0.6 is 11.8 Å². The number of carboxylic acid groups (broad SMARTS) is 1. The number of benzene rings is 6. The van der Waals surface area contributed by atoms with Crippen molar-refractivity contribution in [3.8, 4) is 11.5 Å². The number of carboxylic acids is 1. The van der Waals surface area contributed by atoms with Gasteiger partial charge in [-0.3, -0.25) is 14.4 Å². The van der Waals surface area contributed by atoms with Crippen molar-refractivity contribution in [3.05, 3.63) is 138 Å². The minimum atomic E-state index is -0.872. The summed E-state index contributed by atoms with van der Waals surface area (Å²) in [7, 11) is 0. The molecule has 6 aromatic rings. The van der Waals surface area contributed by atoms with E-state index in [9.17, 15) is 24.6 Å². The van der Waals surface area contributed by atoms with Crippen molar-refractivity contribution >= 4 is 62.5 Å². The predicted octanol–water partition coefficient (Wildman–Crippen LogP) is 8.78. The van der Waals surface area contributed by atoms with E-state index >= 15 is 0 Å². The third-order valence-electron chi connectivity index (χ3n) is 7.61. The quantitative estimate of drug-likeness (QED) is 0.103. The van der Waals surface area contributed by atoms with Gasteiger partial charge in [0.05, 0.1) is 17.5 Å². The number of hydrogen-bond acceptors (Lipinski definition) is 6. The molecule has 8 nitrogen and oxygen atoms in total. The number of aromatic hydroxyl groups is 2. The molecule has 0 aliphatic carbocycles. The fraction of sp³-hybridized carbons (Fsp3) is 0.103. The molecule has 9 heteroatoms. The number of thioether (sulfide) groups is 1. The molecule has 5 N–H and O–H groups in total. The van der Waals surface area contributed by atoms with Crippen LogP contribution in [-0.4, -0.2) is 38.9 Å². The van der Waals surface area contributed by atoms with E-state index in [0.29, 0.717) is 27.9 Å². The highest BCUT2D eigenvalue weighted by atomic mass is 32.2. The van der Waals surface area contributed by atoms with E-state index in [1.807, 2.05) is 86.6 Å². The average Bonchev–Trinajstić information content (AvgIpc) is 3.08. The Balaban J connectivity index is 0.000000198. The Morgan fingerprint density at radius 1 is 0.646 bits per heavy atom. The highest BCUT2D eigenvalue weighted by Gasteiger charge is 2.19.